The van der Waals surface area contributed by atoms with Gasteiger partial charge < -0.3 is 9.15 Å². The highest BCUT2D eigenvalue weighted by molar-refractivity contribution is 5.83. The Morgan fingerprint density at radius 1 is 1.33 bits per heavy atom. The van der Waals surface area contributed by atoms with Gasteiger partial charge in [-0.1, -0.05) is 12.1 Å². The minimum Gasteiger partial charge on any atom is -0.493 e. The SMILES string of the molecule is COc1cccc2cc(C(C)NC3(C(F)(F)F)CC3)oc12. The van der Waals surface area contributed by atoms with Crippen LogP contribution in [0.5, 0.6) is 5.75 Å². The molecule has 1 aliphatic carbocycles. The van der Waals surface area contributed by atoms with Crippen LogP contribution in [0.2, 0.25) is 0 Å². The van der Waals surface area contributed by atoms with Crippen molar-refractivity contribution in [2.75, 3.05) is 7.11 Å². The third-order valence-corrected chi connectivity index (χ3v) is 3.96. The maximum absolute atomic E-state index is 13.0. The summed E-state index contributed by atoms with van der Waals surface area (Å²) in [6.45, 7) is 1.68. The van der Waals surface area contributed by atoms with Gasteiger partial charge in [0.15, 0.2) is 11.3 Å². The van der Waals surface area contributed by atoms with Crippen molar-refractivity contribution in [1.29, 1.82) is 0 Å². The van der Waals surface area contributed by atoms with Crippen LogP contribution >= 0.6 is 0 Å². The van der Waals surface area contributed by atoms with E-state index in [1.807, 2.05) is 12.1 Å². The number of benzene rings is 1. The zero-order chi connectivity index (χ0) is 15.3. The first kappa shape index (κ1) is 14.3. The molecule has 1 unspecified atom stereocenters. The Kier molecular flexibility index (Phi) is 3.16. The highest BCUT2D eigenvalue weighted by Gasteiger charge is 2.63. The van der Waals surface area contributed by atoms with Gasteiger partial charge in [0.25, 0.3) is 0 Å². The molecule has 1 aliphatic rings. The summed E-state index contributed by atoms with van der Waals surface area (Å²) in [5, 5.41) is 3.48. The first-order valence-corrected chi connectivity index (χ1v) is 6.77. The van der Waals surface area contributed by atoms with Gasteiger partial charge in [-0.05, 0) is 31.9 Å². The molecular weight excluding hydrogens is 283 g/mol. The number of fused-ring (bicyclic) bond motifs is 1. The molecule has 114 valence electrons. The molecule has 0 radical (unpaired) electrons. The van der Waals surface area contributed by atoms with E-state index < -0.39 is 17.8 Å². The molecular formula is C15H16F3NO2. The number of nitrogens with one attached hydrogen (secondary N) is 1. The van der Waals surface area contributed by atoms with Crippen LogP contribution in [0.4, 0.5) is 13.2 Å². The second kappa shape index (κ2) is 4.66. The average Bonchev–Trinajstić information content (AvgIpc) is 3.08. The Balaban J connectivity index is 1.87. The maximum atomic E-state index is 13.0. The molecule has 1 atom stereocenters. The minimum absolute atomic E-state index is 0.115. The molecule has 2 aromatic rings. The van der Waals surface area contributed by atoms with Gasteiger partial charge in [0, 0.05) is 5.39 Å². The smallest absolute Gasteiger partial charge is 0.406 e. The molecule has 1 N–H and O–H groups in total. The van der Waals surface area contributed by atoms with Crippen LogP contribution in [-0.4, -0.2) is 18.8 Å². The number of hydrogen-bond acceptors (Lipinski definition) is 3. The van der Waals surface area contributed by atoms with Gasteiger partial charge in [0.2, 0.25) is 0 Å². The lowest BCUT2D eigenvalue weighted by molar-refractivity contribution is -0.168. The molecule has 1 fully saturated rings. The van der Waals surface area contributed by atoms with E-state index in [-0.39, 0.29) is 12.8 Å². The van der Waals surface area contributed by atoms with Gasteiger partial charge in [-0.15, -0.1) is 0 Å². The first-order valence-electron chi connectivity index (χ1n) is 6.77. The number of furan rings is 1. The molecule has 1 aromatic carbocycles. The zero-order valence-electron chi connectivity index (χ0n) is 11.8. The molecule has 1 heterocycles. The van der Waals surface area contributed by atoms with Crippen molar-refractivity contribution in [1.82, 2.24) is 5.32 Å². The Hall–Kier alpha value is -1.69. The molecule has 3 rings (SSSR count). The van der Waals surface area contributed by atoms with Crippen molar-refractivity contribution < 1.29 is 22.3 Å². The first-order chi connectivity index (χ1) is 9.86. The Morgan fingerprint density at radius 3 is 2.62 bits per heavy atom. The summed E-state index contributed by atoms with van der Waals surface area (Å²) in [4.78, 5) is 0. The van der Waals surface area contributed by atoms with Gasteiger partial charge in [-0.2, -0.15) is 13.2 Å². The van der Waals surface area contributed by atoms with E-state index in [0.29, 0.717) is 17.1 Å². The van der Waals surface area contributed by atoms with Crippen LogP contribution in [-0.2, 0) is 0 Å². The molecule has 0 saturated heterocycles. The molecule has 1 saturated carbocycles. The quantitative estimate of drug-likeness (QED) is 0.919. The number of rotatable bonds is 4. The third-order valence-electron chi connectivity index (χ3n) is 3.96. The van der Waals surface area contributed by atoms with E-state index in [9.17, 15) is 13.2 Å². The van der Waals surface area contributed by atoms with E-state index in [4.69, 9.17) is 9.15 Å². The second-order valence-corrected chi connectivity index (χ2v) is 5.47. The molecule has 3 nitrogen and oxygen atoms in total. The predicted octanol–water partition coefficient (Wildman–Crippen LogP) is 4.19. The van der Waals surface area contributed by atoms with E-state index in [1.165, 1.54) is 7.11 Å². The van der Waals surface area contributed by atoms with Gasteiger partial charge >= 0.3 is 6.18 Å². The van der Waals surface area contributed by atoms with Crippen LogP contribution in [0, 0.1) is 0 Å². The fourth-order valence-corrected chi connectivity index (χ4v) is 2.55. The van der Waals surface area contributed by atoms with E-state index >= 15 is 0 Å². The number of alkyl halides is 3. The number of methoxy groups -OCH3 is 1. The van der Waals surface area contributed by atoms with Gasteiger partial charge in [0.1, 0.15) is 11.3 Å². The average molecular weight is 299 g/mol. The number of hydrogen-bond donors (Lipinski definition) is 1. The molecule has 0 amide bonds. The van der Waals surface area contributed by atoms with Gasteiger partial charge in [-0.25, -0.2) is 0 Å². The molecule has 6 heteroatoms. The van der Waals surface area contributed by atoms with Crippen LogP contribution in [0.1, 0.15) is 31.6 Å². The summed E-state index contributed by atoms with van der Waals surface area (Å²) in [6, 6.07) is 6.64. The van der Waals surface area contributed by atoms with Crippen LogP contribution in [0.15, 0.2) is 28.7 Å². The van der Waals surface area contributed by atoms with Crippen LogP contribution in [0.3, 0.4) is 0 Å². The lowest BCUT2D eigenvalue weighted by atomic mass is 10.1. The standard InChI is InChI=1S/C15H16F3NO2/c1-9(19-14(6-7-14)15(16,17)18)12-8-10-4-3-5-11(20-2)13(10)21-12/h3-5,8-9,19H,6-7H2,1-2H3. The van der Waals surface area contributed by atoms with E-state index in [2.05, 4.69) is 5.32 Å². The molecule has 0 spiro atoms. The minimum atomic E-state index is -4.23. The second-order valence-electron chi connectivity index (χ2n) is 5.47. The van der Waals surface area contributed by atoms with Crippen LogP contribution in [0.25, 0.3) is 11.0 Å². The predicted molar refractivity (Wildman–Crippen MR) is 72.3 cm³/mol. The highest BCUT2D eigenvalue weighted by Crippen LogP contribution is 2.50. The summed E-state index contributed by atoms with van der Waals surface area (Å²) in [6.07, 6.45) is -4.00. The maximum Gasteiger partial charge on any atom is 0.406 e. The number of halogens is 3. The van der Waals surface area contributed by atoms with Crippen molar-refractivity contribution in [2.24, 2.45) is 0 Å². The fraction of sp³-hybridized carbons (Fsp3) is 0.467. The Labute approximate surface area is 120 Å². The van der Waals surface area contributed by atoms with E-state index in [1.54, 1.807) is 19.1 Å². The summed E-state index contributed by atoms with van der Waals surface area (Å²) in [7, 11) is 1.53. The molecule has 1 aromatic heterocycles. The fourth-order valence-electron chi connectivity index (χ4n) is 2.55. The lowest BCUT2D eigenvalue weighted by Gasteiger charge is -2.24. The van der Waals surface area contributed by atoms with Gasteiger partial charge in [-0.3, -0.25) is 5.32 Å². The largest absolute Gasteiger partial charge is 0.493 e. The topological polar surface area (TPSA) is 34.4 Å². The van der Waals surface area contributed by atoms with Crippen molar-refractivity contribution in [3.05, 3.63) is 30.0 Å². The van der Waals surface area contributed by atoms with Gasteiger partial charge in [0.05, 0.1) is 13.2 Å². The lowest BCUT2D eigenvalue weighted by Crippen LogP contribution is -2.45. The number of ether oxygens (including phenoxy) is 1. The summed E-state index contributed by atoms with van der Waals surface area (Å²) < 4.78 is 49.8. The molecule has 0 bridgehead atoms. The Bertz CT molecular complexity index is 658. The molecule has 21 heavy (non-hydrogen) atoms. The third kappa shape index (κ3) is 2.37. The normalized spacial score (nSPS) is 18.7. The van der Waals surface area contributed by atoms with Crippen molar-refractivity contribution >= 4 is 11.0 Å². The van der Waals surface area contributed by atoms with Crippen LogP contribution < -0.4 is 10.1 Å². The summed E-state index contributed by atoms with van der Waals surface area (Å²) in [5.74, 6) is 1.05. The van der Waals surface area contributed by atoms with Crippen molar-refractivity contribution in [3.8, 4) is 5.75 Å². The summed E-state index contributed by atoms with van der Waals surface area (Å²) >= 11 is 0. The van der Waals surface area contributed by atoms with Crippen molar-refractivity contribution in [3.63, 3.8) is 0 Å². The summed E-state index contributed by atoms with van der Waals surface area (Å²) in [5.41, 5.74) is -1.20. The van der Waals surface area contributed by atoms with Crippen molar-refractivity contribution in [2.45, 2.75) is 37.5 Å². The zero-order valence-corrected chi connectivity index (χ0v) is 11.8. The van der Waals surface area contributed by atoms with E-state index in [0.717, 1.165) is 5.39 Å². The highest BCUT2D eigenvalue weighted by atomic mass is 19.4. The monoisotopic (exact) mass is 299 g/mol. The number of para-hydroxylation sites is 1. The Morgan fingerprint density at radius 2 is 2.05 bits per heavy atom. The molecule has 0 aliphatic heterocycles.